The van der Waals surface area contributed by atoms with Gasteiger partial charge in [0.25, 0.3) is 5.69 Å². The van der Waals surface area contributed by atoms with Crippen LogP contribution in [-0.2, 0) is 0 Å². The first-order valence-electron chi connectivity index (χ1n) is 5.71. The van der Waals surface area contributed by atoms with Crippen LogP contribution in [0.3, 0.4) is 0 Å². The van der Waals surface area contributed by atoms with Crippen molar-refractivity contribution in [1.29, 1.82) is 5.26 Å². The Morgan fingerprint density at radius 2 is 2.28 bits per heavy atom. The Bertz CT molecular complexity index is 454. The van der Waals surface area contributed by atoms with E-state index < -0.39 is 4.92 Å². The maximum absolute atomic E-state index is 10.7. The summed E-state index contributed by atoms with van der Waals surface area (Å²) in [6.07, 6.45) is 1.04. The molecule has 0 heterocycles. The first-order valence-corrected chi connectivity index (χ1v) is 5.71. The summed E-state index contributed by atoms with van der Waals surface area (Å²) in [5, 5.41) is 22.6. The molecule has 0 atom stereocenters. The van der Waals surface area contributed by atoms with E-state index in [-0.39, 0.29) is 11.3 Å². The first kappa shape index (κ1) is 13.9. The Kier molecular flexibility index (Phi) is 5.61. The van der Waals surface area contributed by atoms with E-state index in [1.807, 2.05) is 0 Å². The molecule has 0 bridgehead atoms. The summed E-state index contributed by atoms with van der Waals surface area (Å²) in [7, 11) is 0. The zero-order valence-electron chi connectivity index (χ0n) is 10.2. The summed E-state index contributed by atoms with van der Waals surface area (Å²) < 4.78 is 5.37. The van der Waals surface area contributed by atoms with Crippen LogP contribution < -0.4 is 10.1 Å². The molecule has 18 heavy (non-hydrogen) atoms. The number of nitriles is 1. The second-order valence-electron chi connectivity index (χ2n) is 3.65. The fourth-order valence-corrected chi connectivity index (χ4v) is 1.39. The van der Waals surface area contributed by atoms with E-state index in [9.17, 15) is 10.1 Å². The molecule has 1 aromatic rings. The Hall–Kier alpha value is -2.13. The number of ether oxygens (including phenoxy) is 1. The van der Waals surface area contributed by atoms with Crippen LogP contribution in [0, 0.1) is 21.4 Å². The zero-order chi connectivity index (χ0) is 13.4. The minimum atomic E-state index is -0.583. The van der Waals surface area contributed by atoms with Gasteiger partial charge in [-0.2, -0.15) is 5.26 Å². The van der Waals surface area contributed by atoms with Crippen molar-refractivity contribution in [2.75, 3.05) is 19.7 Å². The molecule has 6 heteroatoms. The Morgan fingerprint density at radius 3 is 2.89 bits per heavy atom. The number of hydrogen-bond donors (Lipinski definition) is 1. The normalized spacial score (nSPS) is 9.78. The van der Waals surface area contributed by atoms with Gasteiger partial charge >= 0.3 is 0 Å². The minimum Gasteiger partial charge on any atom is -0.492 e. The van der Waals surface area contributed by atoms with Crippen molar-refractivity contribution >= 4 is 5.69 Å². The first-order chi connectivity index (χ1) is 8.69. The van der Waals surface area contributed by atoms with Gasteiger partial charge in [-0.3, -0.25) is 10.1 Å². The molecule has 1 rings (SSSR count). The highest BCUT2D eigenvalue weighted by molar-refractivity contribution is 5.52. The van der Waals surface area contributed by atoms with Gasteiger partial charge < -0.3 is 10.1 Å². The molecule has 0 aliphatic heterocycles. The van der Waals surface area contributed by atoms with Crippen molar-refractivity contribution in [2.24, 2.45) is 0 Å². The molecule has 0 saturated heterocycles. The largest absolute Gasteiger partial charge is 0.492 e. The van der Waals surface area contributed by atoms with Crippen LogP contribution in [0.15, 0.2) is 18.2 Å². The van der Waals surface area contributed by atoms with Crippen LogP contribution >= 0.6 is 0 Å². The van der Waals surface area contributed by atoms with Gasteiger partial charge in [0, 0.05) is 6.54 Å². The maximum Gasteiger partial charge on any atom is 0.290 e. The van der Waals surface area contributed by atoms with Gasteiger partial charge in [0.15, 0.2) is 0 Å². The van der Waals surface area contributed by atoms with Gasteiger partial charge in [-0.25, -0.2) is 0 Å². The molecule has 1 N–H and O–H groups in total. The molecule has 0 aliphatic carbocycles. The predicted molar refractivity (Wildman–Crippen MR) is 66.5 cm³/mol. The Labute approximate surface area is 105 Å². The standard InChI is InChI=1S/C12H15N3O3/c1-2-5-14-6-7-18-11-4-3-10(9-13)12(8-11)15(16)17/h3-4,8,14H,2,5-7H2,1H3. The van der Waals surface area contributed by atoms with Crippen LogP contribution in [0.25, 0.3) is 0 Å². The van der Waals surface area contributed by atoms with Gasteiger partial charge in [-0.1, -0.05) is 6.92 Å². The number of hydrogen-bond acceptors (Lipinski definition) is 5. The molecule has 96 valence electrons. The molecule has 0 radical (unpaired) electrons. The van der Waals surface area contributed by atoms with Crippen molar-refractivity contribution < 1.29 is 9.66 Å². The SMILES string of the molecule is CCCNCCOc1ccc(C#N)c([N+](=O)[O-])c1. The summed E-state index contributed by atoms with van der Waals surface area (Å²) in [5.41, 5.74) is -0.187. The predicted octanol–water partition coefficient (Wildman–Crippen LogP) is 1.84. The highest BCUT2D eigenvalue weighted by Crippen LogP contribution is 2.23. The van der Waals surface area contributed by atoms with E-state index in [1.165, 1.54) is 12.1 Å². The highest BCUT2D eigenvalue weighted by Gasteiger charge is 2.14. The van der Waals surface area contributed by atoms with Gasteiger partial charge in [-0.05, 0) is 25.1 Å². The van der Waals surface area contributed by atoms with E-state index in [0.29, 0.717) is 18.9 Å². The summed E-state index contributed by atoms with van der Waals surface area (Å²) in [5.74, 6) is 0.402. The van der Waals surface area contributed by atoms with E-state index in [4.69, 9.17) is 10.00 Å². The molecular weight excluding hydrogens is 234 g/mol. The Morgan fingerprint density at radius 1 is 1.50 bits per heavy atom. The quantitative estimate of drug-likeness (QED) is 0.452. The van der Waals surface area contributed by atoms with Crippen LogP contribution in [0.2, 0.25) is 0 Å². The monoisotopic (exact) mass is 249 g/mol. The topological polar surface area (TPSA) is 88.2 Å². The lowest BCUT2D eigenvalue weighted by atomic mass is 10.2. The van der Waals surface area contributed by atoms with Crippen molar-refractivity contribution in [3.8, 4) is 11.8 Å². The fraction of sp³-hybridized carbons (Fsp3) is 0.417. The lowest BCUT2D eigenvalue weighted by Crippen LogP contribution is -2.21. The molecule has 0 amide bonds. The smallest absolute Gasteiger partial charge is 0.290 e. The number of nitro groups is 1. The van der Waals surface area contributed by atoms with E-state index >= 15 is 0 Å². The third-order valence-electron chi connectivity index (χ3n) is 2.26. The molecule has 0 aromatic heterocycles. The molecule has 0 unspecified atom stereocenters. The minimum absolute atomic E-state index is 0.0384. The van der Waals surface area contributed by atoms with Crippen molar-refractivity contribution in [3.05, 3.63) is 33.9 Å². The second-order valence-corrected chi connectivity index (χ2v) is 3.65. The van der Waals surface area contributed by atoms with E-state index in [0.717, 1.165) is 13.0 Å². The van der Waals surface area contributed by atoms with Gasteiger partial charge in [0.2, 0.25) is 0 Å². The van der Waals surface area contributed by atoms with Crippen LogP contribution in [0.1, 0.15) is 18.9 Å². The molecule has 6 nitrogen and oxygen atoms in total. The molecule has 0 saturated carbocycles. The Balaban J connectivity index is 2.60. The summed E-state index contributed by atoms with van der Waals surface area (Å²) in [4.78, 5) is 10.2. The highest BCUT2D eigenvalue weighted by atomic mass is 16.6. The summed E-state index contributed by atoms with van der Waals surface area (Å²) in [6.45, 7) is 4.10. The molecular formula is C12H15N3O3. The maximum atomic E-state index is 10.7. The molecule has 0 aliphatic rings. The number of benzene rings is 1. The van der Waals surface area contributed by atoms with Crippen LogP contribution in [-0.4, -0.2) is 24.6 Å². The number of nitro benzene ring substituents is 1. The second kappa shape index (κ2) is 7.25. The third kappa shape index (κ3) is 4.03. The fourth-order valence-electron chi connectivity index (χ4n) is 1.39. The van der Waals surface area contributed by atoms with E-state index in [2.05, 4.69) is 12.2 Å². The molecule has 0 spiro atoms. The van der Waals surface area contributed by atoms with Gasteiger partial charge in [0.1, 0.15) is 24.0 Å². The van der Waals surface area contributed by atoms with Gasteiger partial charge in [-0.15, -0.1) is 0 Å². The average Bonchev–Trinajstić information content (AvgIpc) is 2.38. The van der Waals surface area contributed by atoms with Crippen molar-refractivity contribution in [2.45, 2.75) is 13.3 Å². The lowest BCUT2D eigenvalue weighted by molar-refractivity contribution is -0.385. The molecule has 1 aromatic carbocycles. The summed E-state index contributed by atoms with van der Waals surface area (Å²) >= 11 is 0. The summed E-state index contributed by atoms with van der Waals surface area (Å²) in [6, 6.07) is 6.01. The number of rotatable bonds is 7. The zero-order valence-corrected chi connectivity index (χ0v) is 10.2. The van der Waals surface area contributed by atoms with Crippen LogP contribution in [0.4, 0.5) is 5.69 Å². The van der Waals surface area contributed by atoms with Gasteiger partial charge in [0.05, 0.1) is 11.0 Å². The average molecular weight is 249 g/mol. The molecule has 0 fully saturated rings. The number of nitrogens with zero attached hydrogens (tertiary/aromatic N) is 2. The number of nitrogens with one attached hydrogen (secondary N) is 1. The van der Waals surface area contributed by atoms with Crippen molar-refractivity contribution in [3.63, 3.8) is 0 Å². The third-order valence-corrected chi connectivity index (χ3v) is 2.26. The van der Waals surface area contributed by atoms with E-state index in [1.54, 1.807) is 12.1 Å². The lowest BCUT2D eigenvalue weighted by Gasteiger charge is -2.07. The van der Waals surface area contributed by atoms with Crippen LogP contribution in [0.5, 0.6) is 5.75 Å². The van der Waals surface area contributed by atoms with Crippen molar-refractivity contribution in [1.82, 2.24) is 5.32 Å².